The molecule has 0 unspecified atom stereocenters. The van der Waals surface area contributed by atoms with Crippen molar-refractivity contribution in [1.29, 1.82) is 0 Å². The van der Waals surface area contributed by atoms with Gasteiger partial charge in [-0.2, -0.15) is 0 Å². The van der Waals surface area contributed by atoms with Crippen molar-refractivity contribution in [1.82, 2.24) is 14.3 Å². The summed E-state index contributed by atoms with van der Waals surface area (Å²) >= 11 is 0. The summed E-state index contributed by atoms with van der Waals surface area (Å²) in [5, 5.41) is 0. The van der Waals surface area contributed by atoms with Crippen molar-refractivity contribution >= 4 is 21.6 Å². The van der Waals surface area contributed by atoms with E-state index in [1.807, 2.05) is 48.9 Å². The van der Waals surface area contributed by atoms with Crippen molar-refractivity contribution < 1.29 is 22.0 Å². The maximum atomic E-state index is 15.1. The molecule has 1 fully saturated rings. The molecule has 4 aromatic rings. The lowest BCUT2D eigenvalue weighted by atomic mass is 9.85. The van der Waals surface area contributed by atoms with Gasteiger partial charge in [-0.1, -0.05) is 54.1 Å². The minimum Gasteiger partial charge on any atom is -0.337 e. The fourth-order valence-electron chi connectivity index (χ4n) is 5.77. The summed E-state index contributed by atoms with van der Waals surface area (Å²) in [5.74, 6) is -2.77. The molecule has 2 aliphatic carbocycles. The van der Waals surface area contributed by atoms with Crippen LogP contribution in [-0.2, 0) is 34.3 Å². The van der Waals surface area contributed by atoms with E-state index in [-0.39, 0.29) is 46.7 Å². The first kappa shape index (κ1) is 28.2. The van der Waals surface area contributed by atoms with Crippen molar-refractivity contribution in [2.45, 2.75) is 55.5 Å². The van der Waals surface area contributed by atoms with Crippen molar-refractivity contribution in [2.75, 3.05) is 4.90 Å². The number of aromatic nitrogens is 2. The lowest BCUT2D eigenvalue weighted by Crippen LogP contribution is -2.36. The number of hydrogen-bond acceptors (Lipinski definition) is 4. The van der Waals surface area contributed by atoms with Crippen LogP contribution in [0.25, 0.3) is 0 Å². The van der Waals surface area contributed by atoms with Gasteiger partial charge < -0.3 is 9.47 Å². The zero-order chi connectivity index (χ0) is 29.6. The summed E-state index contributed by atoms with van der Waals surface area (Å²) in [4.78, 5) is 20.0. The van der Waals surface area contributed by atoms with Gasteiger partial charge in [0, 0.05) is 49.1 Å². The Morgan fingerprint density at radius 2 is 1.83 bits per heavy atom. The molecule has 7 nitrogen and oxygen atoms in total. The number of aryl methyl sites for hydroxylation is 2. The first-order chi connectivity index (χ1) is 20.0. The molecule has 42 heavy (non-hydrogen) atoms. The highest BCUT2D eigenvalue weighted by Gasteiger charge is 2.47. The Labute approximate surface area is 244 Å². The van der Waals surface area contributed by atoms with Crippen LogP contribution < -0.4 is 9.62 Å². The van der Waals surface area contributed by atoms with Gasteiger partial charge in [0.2, 0.25) is 15.9 Å². The number of anilines is 1. The Kier molecular flexibility index (Phi) is 7.22. The van der Waals surface area contributed by atoms with Gasteiger partial charge in [0.25, 0.3) is 5.92 Å². The van der Waals surface area contributed by atoms with E-state index in [1.165, 1.54) is 24.3 Å². The molecule has 1 heterocycles. The van der Waals surface area contributed by atoms with E-state index in [4.69, 9.17) is 0 Å². The number of fused-ring (bicyclic) bond motifs is 1. The molecule has 0 spiro atoms. The predicted molar refractivity (Wildman–Crippen MR) is 155 cm³/mol. The second-order valence-electron chi connectivity index (χ2n) is 11.2. The molecule has 0 aliphatic heterocycles. The van der Waals surface area contributed by atoms with Crippen LogP contribution in [0.4, 0.5) is 14.5 Å². The third-order valence-corrected chi connectivity index (χ3v) is 9.80. The summed E-state index contributed by atoms with van der Waals surface area (Å²) in [6, 6.07) is 19.7. The van der Waals surface area contributed by atoms with Gasteiger partial charge in [0.05, 0.1) is 11.4 Å². The van der Waals surface area contributed by atoms with Crippen LogP contribution >= 0.6 is 0 Å². The number of rotatable bonds is 8. The Bertz CT molecular complexity index is 1720. The smallest absolute Gasteiger partial charge is 0.273 e. The first-order valence-electron chi connectivity index (χ1n) is 14.0. The zero-order valence-corrected chi connectivity index (χ0v) is 24.2. The van der Waals surface area contributed by atoms with Gasteiger partial charge in [0.15, 0.2) is 0 Å². The van der Waals surface area contributed by atoms with Gasteiger partial charge in [-0.3, -0.25) is 4.79 Å². The first-order valence-corrected chi connectivity index (χ1v) is 15.5. The molecule has 1 aromatic heterocycles. The minimum absolute atomic E-state index is 0.0652. The summed E-state index contributed by atoms with van der Waals surface area (Å²) in [6.07, 6.45) is 3.55. The van der Waals surface area contributed by atoms with E-state index in [2.05, 4.69) is 9.71 Å². The normalized spacial score (nSPS) is 21.0. The van der Waals surface area contributed by atoms with Crippen molar-refractivity contribution in [3.8, 4) is 0 Å². The average molecular weight is 591 g/mol. The van der Waals surface area contributed by atoms with Gasteiger partial charge >= 0.3 is 0 Å². The quantitative estimate of drug-likeness (QED) is 0.274. The number of alkyl halides is 2. The zero-order valence-electron chi connectivity index (χ0n) is 23.4. The third-order valence-electron chi connectivity index (χ3n) is 8.31. The van der Waals surface area contributed by atoms with Crippen molar-refractivity contribution in [2.24, 2.45) is 13.0 Å². The van der Waals surface area contributed by atoms with E-state index >= 15 is 8.78 Å². The number of hydrogen-bond donors (Lipinski definition) is 1. The lowest BCUT2D eigenvalue weighted by molar-refractivity contribution is -0.120. The maximum absolute atomic E-state index is 15.1. The van der Waals surface area contributed by atoms with E-state index < -0.39 is 28.4 Å². The molecular formula is C32H32F2N4O3S. The number of halogens is 2. The lowest BCUT2D eigenvalue weighted by Gasteiger charge is -2.33. The largest absolute Gasteiger partial charge is 0.337 e. The number of nitrogens with zero attached hydrogens (tertiary/aromatic N) is 3. The highest BCUT2D eigenvalue weighted by Crippen LogP contribution is 2.50. The highest BCUT2D eigenvalue weighted by atomic mass is 32.2. The molecule has 0 saturated heterocycles. The molecule has 1 amide bonds. The van der Waals surface area contributed by atoms with E-state index in [0.717, 1.165) is 11.1 Å². The number of nitrogens with one attached hydrogen (secondary N) is 1. The van der Waals surface area contributed by atoms with Crippen LogP contribution in [-0.4, -0.2) is 23.9 Å². The molecule has 6 rings (SSSR count). The van der Waals surface area contributed by atoms with Gasteiger partial charge in [-0.15, -0.1) is 0 Å². The standard InChI is InChI=1S/C32H32F2N4O3S/c1-21-8-11-24(12-9-21)42(40,41)36-29-14-15-32(33,34)28-13-10-23(18-27(28)29)38(20-30-35-16-17-37(30)2)31(39)26-19-25(26)22-6-4-3-5-7-22/h3-13,16-18,25-26,29,36H,14-15,19-20H2,1-2H3/t25-,26+,29+/m1/s1. The SMILES string of the molecule is Cc1ccc(S(=O)(=O)N[C@H]2CCC(F)(F)c3ccc(N(Cc4nccn4C)C(=O)[C@H]4C[C@@H]4c4ccccc4)cc32)cc1. The molecule has 0 radical (unpaired) electrons. The Hall–Kier alpha value is -3.89. The number of carbonyl (C=O) groups is 1. The second kappa shape index (κ2) is 10.7. The molecule has 218 valence electrons. The van der Waals surface area contributed by atoms with Crippen molar-refractivity contribution in [3.05, 3.63) is 113 Å². The van der Waals surface area contributed by atoms with E-state index in [9.17, 15) is 13.2 Å². The fourth-order valence-corrected chi connectivity index (χ4v) is 7.02. The van der Waals surface area contributed by atoms with Gasteiger partial charge in [-0.05, 0) is 61.1 Å². The Balaban J connectivity index is 1.36. The monoisotopic (exact) mass is 590 g/mol. The predicted octanol–water partition coefficient (Wildman–Crippen LogP) is 5.97. The van der Waals surface area contributed by atoms with Crippen molar-refractivity contribution in [3.63, 3.8) is 0 Å². The van der Waals surface area contributed by atoms with Crippen LogP contribution in [0.15, 0.2) is 90.1 Å². The van der Waals surface area contributed by atoms with Crippen LogP contribution in [0.3, 0.4) is 0 Å². The number of sulfonamides is 1. The molecule has 0 bridgehead atoms. The van der Waals surface area contributed by atoms with Crippen LogP contribution in [0.1, 0.15) is 59.3 Å². The summed E-state index contributed by atoms with van der Waals surface area (Å²) in [5.41, 5.74) is 2.37. The highest BCUT2D eigenvalue weighted by molar-refractivity contribution is 7.89. The van der Waals surface area contributed by atoms with Gasteiger partial charge in [-0.25, -0.2) is 26.9 Å². The maximum Gasteiger partial charge on any atom is 0.273 e. The number of carbonyl (C=O) groups excluding carboxylic acids is 1. The molecule has 10 heteroatoms. The molecule has 1 N–H and O–H groups in total. The topological polar surface area (TPSA) is 84.3 Å². The van der Waals surface area contributed by atoms with Crippen LogP contribution in [0, 0.1) is 12.8 Å². The number of amides is 1. The van der Waals surface area contributed by atoms with Crippen LogP contribution in [0.2, 0.25) is 0 Å². The Morgan fingerprint density at radius 3 is 2.52 bits per heavy atom. The molecule has 3 aromatic carbocycles. The van der Waals surface area contributed by atoms with E-state index in [0.29, 0.717) is 17.9 Å². The molecule has 1 saturated carbocycles. The van der Waals surface area contributed by atoms with E-state index in [1.54, 1.807) is 35.5 Å². The molecule has 2 aliphatic rings. The second-order valence-corrected chi connectivity index (χ2v) is 13.0. The molecule has 3 atom stereocenters. The summed E-state index contributed by atoms with van der Waals surface area (Å²) in [7, 11) is -2.15. The minimum atomic E-state index is -3.98. The number of imidazole rings is 1. The van der Waals surface area contributed by atoms with Gasteiger partial charge in [0.1, 0.15) is 5.82 Å². The average Bonchev–Trinajstić information content (AvgIpc) is 3.68. The third kappa shape index (κ3) is 5.48. The summed E-state index contributed by atoms with van der Waals surface area (Å²) in [6.45, 7) is 2.00. The Morgan fingerprint density at radius 1 is 1.10 bits per heavy atom. The number of benzene rings is 3. The fraction of sp³-hybridized carbons (Fsp3) is 0.312. The van der Waals surface area contributed by atoms with Crippen LogP contribution in [0.5, 0.6) is 0 Å². The molecular weight excluding hydrogens is 558 g/mol. The summed E-state index contributed by atoms with van der Waals surface area (Å²) < 4.78 is 61.2.